The molecule has 3 aromatic rings. The molecule has 1 heterocycles. The van der Waals surface area contributed by atoms with Crippen LogP contribution in [0.2, 0.25) is 0 Å². The van der Waals surface area contributed by atoms with E-state index in [0.717, 1.165) is 9.87 Å². The number of H-pyrrole nitrogens is 1. The monoisotopic (exact) mass is 413 g/mol. The Bertz CT molecular complexity index is 1200. The van der Waals surface area contributed by atoms with Gasteiger partial charge in [0.05, 0.1) is 22.7 Å². The van der Waals surface area contributed by atoms with Crippen LogP contribution in [-0.2, 0) is 16.6 Å². The Morgan fingerprint density at radius 3 is 2.24 bits per heavy atom. The van der Waals surface area contributed by atoms with Crippen LogP contribution >= 0.6 is 0 Å². The molecule has 150 valence electrons. The summed E-state index contributed by atoms with van der Waals surface area (Å²) in [6, 6.07) is 13.1. The lowest BCUT2D eigenvalue weighted by molar-refractivity contribution is 0.0697. The van der Waals surface area contributed by atoms with Gasteiger partial charge in [0.1, 0.15) is 5.82 Å². The summed E-state index contributed by atoms with van der Waals surface area (Å²) in [6.45, 7) is 3.26. The summed E-state index contributed by atoms with van der Waals surface area (Å²) >= 11 is 0. The van der Waals surface area contributed by atoms with Crippen LogP contribution in [0.5, 0.6) is 0 Å². The molecule has 0 unspecified atom stereocenters. The van der Waals surface area contributed by atoms with Crippen LogP contribution < -0.4 is 9.86 Å². The molecule has 0 aliphatic heterocycles. The first-order valence-electron chi connectivity index (χ1n) is 8.66. The molecule has 0 fully saturated rings. The number of sulfonamides is 1. The topological polar surface area (TPSA) is 120 Å². The zero-order chi connectivity index (χ0) is 21.2. The maximum absolute atomic E-state index is 13.3. The lowest BCUT2D eigenvalue weighted by atomic mass is 10.2. The highest BCUT2D eigenvalue weighted by Crippen LogP contribution is 2.26. The Morgan fingerprint density at radius 1 is 1.07 bits per heavy atom. The van der Waals surface area contributed by atoms with Crippen LogP contribution in [0.25, 0.3) is 0 Å². The molecule has 0 atom stereocenters. The van der Waals surface area contributed by atoms with Crippen molar-refractivity contribution in [1.29, 1.82) is 0 Å². The highest BCUT2D eigenvalue weighted by Gasteiger charge is 2.26. The second-order valence-corrected chi connectivity index (χ2v) is 8.37. The van der Waals surface area contributed by atoms with Gasteiger partial charge in [-0.2, -0.15) is 0 Å². The Hall–Kier alpha value is -3.46. The van der Waals surface area contributed by atoms with Crippen molar-refractivity contribution in [2.75, 3.05) is 4.31 Å². The summed E-state index contributed by atoms with van der Waals surface area (Å²) in [5.41, 5.74) is 1.26. The van der Waals surface area contributed by atoms with Gasteiger partial charge < -0.3 is 10.1 Å². The van der Waals surface area contributed by atoms with Crippen molar-refractivity contribution in [3.8, 4) is 0 Å². The summed E-state index contributed by atoms with van der Waals surface area (Å²) in [5, 5.41) is 9.09. The van der Waals surface area contributed by atoms with E-state index in [1.165, 1.54) is 42.5 Å². The smallest absolute Gasteiger partial charge is 0.335 e. The quantitative estimate of drug-likeness (QED) is 0.640. The fraction of sp³-hybridized carbons (Fsp3) is 0.150. The number of nitrogens with one attached hydrogen (secondary N) is 1. The third-order valence-electron chi connectivity index (χ3n) is 4.22. The Morgan fingerprint density at radius 2 is 1.69 bits per heavy atom. The van der Waals surface area contributed by atoms with E-state index in [4.69, 9.17) is 5.11 Å². The standard InChI is InChI=1S/C20H19N3O5S/c1-13-3-9-17(10-4-13)29(27,28)23(12-18-21-14(2)11-19(24)22-18)16-7-5-15(6-8-16)20(25)26/h3-11H,12H2,1-2H3,(H,25,26)(H,21,22,24). The number of anilines is 1. The summed E-state index contributed by atoms with van der Waals surface area (Å²) in [5.74, 6) is -0.942. The fourth-order valence-electron chi connectivity index (χ4n) is 2.77. The molecule has 0 saturated carbocycles. The van der Waals surface area contributed by atoms with E-state index in [1.807, 2.05) is 6.92 Å². The minimum Gasteiger partial charge on any atom is -0.478 e. The van der Waals surface area contributed by atoms with E-state index < -0.39 is 16.0 Å². The number of benzene rings is 2. The maximum atomic E-state index is 13.3. The lowest BCUT2D eigenvalue weighted by Gasteiger charge is -2.24. The molecule has 2 aromatic carbocycles. The first kappa shape index (κ1) is 20.3. The number of aromatic amines is 1. The number of carbonyl (C=O) groups is 1. The van der Waals surface area contributed by atoms with E-state index in [2.05, 4.69) is 9.97 Å². The zero-order valence-corrected chi connectivity index (χ0v) is 16.6. The number of carboxylic acid groups (broad SMARTS) is 1. The predicted molar refractivity (Wildman–Crippen MR) is 108 cm³/mol. The van der Waals surface area contributed by atoms with Crippen molar-refractivity contribution in [2.45, 2.75) is 25.3 Å². The van der Waals surface area contributed by atoms with Gasteiger partial charge >= 0.3 is 5.97 Å². The normalized spacial score (nSPS) is 11.2. The number of aromatic carboxylic acids is 1. The van der Waals surface area contributed by atoms with Gasteiger partial charge in [-0.05, 0) is 50.2 Å². The van der Waals surface area contributed by atoms with Crippen LogP contribution in [0, 0.1) is 13.8 Å². The third-order valence-corrected chi connectivity index (χ3v) is 6.01. The van der Waals surface area contributed by atoms with Crippen molar-refractivity contribution in [3.63, 3.8) is 0 Å². The molecule has 0 aliphatic carbocycles. The largest absolute Gasteiger partial charge is 0.478 e. The highest BCUT2D eigenvalue weighted by molar-refractivity contribution is 7.92. The van der Waals surface area contributed by atoms with Crippen LogP contribution in [0.3, 0.4) is 0 Å². The molecule has 8 nitrogen and oxygen atoms in total. The van der Waals surface area contributed by atoms with Gasteiger partial charge in [0.25, 0.3) is 15.6 Å². The average Bonchev–Trinajstić information content (AvgIpc) is 2.65. The van der Waals surface area contributed by atoms with Crippen molar-refractivity contribution in [1.82, 2.24) is 9.97 Å². The third kappa shape index (κ3) is 4.52. The SMILES string of the molecule is Cc1ccc(S(=O)(=O)N(Cc2nc(C)cc(=O)[nH]2)c2ccc(C(=O)O)cc2)cc1. The number of rotatable bonds is 6. The minimum atomic E-state index is -4.00. The zero-order valence-electron chi connectivity index (χ0n) is 15.8. The van der Waals surface area contributed by atoms with Gasteiger partial charge in [0.2, 0.25) is 0 Å². The maximum Gasteiger partial charge on any atom is 0.335 e. The van der Waals surface area contributed by atoms with Gasteiger partial charge in [0.15, 0.2) is 0 Å². The Labute approximate surface area is 167 Å². The van der Waals surface area contributed by atoms with Gasteiger partial charge in [-0.3, -0.25) is 9.10 Å². The molecule has 0 spiro atoms. The number of hydrogen-bond acceptors (Lipinski definition) is 5. The summed E-state index contributed by atoms with van der Waals surface area (Å²) in [6.07, 6.45) is 0. The number of hydrogen-bond donors (Lipinski definition) is 2. The van der Waals surface area contributed by atoms with Gasteiger partial charge in [-0.15, -0.1) is 0 Å². The van der Waals surface area contributed by atoms with Crippen LogP contribution in [0.4, 0.5) is 5.69 Å². The number of aryl methyl sites for hydroxylation is 2. The van der Waals surface area contributed by atoms with Crippen LogP contribution in [-0.4, -0.2) is 29.5 Å². The minimum absolute atomic E-state index is 0.0310. The Kier molecular flexibility index (Phi) is 5.51. The number of aromatic nitrogens is 2. The number of nitrogens with zero attached hydrogens (tertiary/aromatic N) is 2. The molecule has 0 amide bonds. The summed E-state index contributed by atoms with van der Waals surface area (Å²) in [4.78, 5) is 29.7. The van der Waals surface area contributed by atoms with E-state index in [1.54, 1.807) is 19.1 Å². The molecule has 9 heteroatoms. The molecular weight excluding hydrogens is 394 g/mol. The second-order valence-electron chi connectivity index (χ2n) is 6.51. The molecule has 0 radical (unpaired) electrons. The van der Waals surface area contributed by atoms with Gasteiger partial charge in [-0.25, -0.2) is 18.2 Å². The predicted octanol–water partition coefficient (Wildman–Crippen LogP) is 2.48. The molecule has 0 aliphatic rings. The van der Waals surface area contributed by atoms with Crippen molar-refractivity contribution in [2.24, 2.45) is 0 Å². The van der Waals surface area contributed by atoms with Crippen molar-refractivity contribution >= 4 is 21.7 Å². The summed E-state index contributed by atoms with van der Waals surface area (Å²) in [7, 11) is -4.00. The first-order chi connectivity index (χ1) is 13.7. The van der Waals surface area contributed by atoms with Gasteiger partial charge in [-0.1, -0.05) is 17.7 Å². The molecular formula is C20H19N3O5S. The fourth-order valence-corrected chi connectivity index (χ4v) is 4.20. The molecule has 1 aromatic heterocycles. The lowest BCUT2D eigenvalue weighted by Crippen LogP contribution is -2.32. The van der Waals surface area contributed by atoms with E-state index in [0.29, 0.717) is 5.69 Å². The number of carboxylic acids is 1. The first-order valence-corrected chi connectivity index (χ1v) is 10.1. The Balaban J connectivity index is 2.10. The van der Waals surface area contributed by atoms with Crippen molar-refractivity contribution in [3.05, 3.63) is 87.6 Å². The van der Waals surface area contributed by atoms with Gasteiger partial charge in [0, 0.05) is 11.8 Å². The summed E-state index contributed by atoms with van der Waals surface area (Å²) < 4.78 is 27.7. The highest BCUT2D eigenvalue weighted by atomic mass is 32.2. The van der Waals surface area contributed by atoms with E-state index in [-0.39, 0.29) is 34.1 Å². The average molecular weight is 413 g/mol. The van der Waals surface area contributed by atoms with E-state index >= 15 is 0 Å². The van der Waals surface area contributed by atoms with Crippen LogP contribution in [0.1, 0.15) is 27.4 Å². The second kappa shape index (κ2) is 7.88. The molecule has 0 bridgehead atoms. The molecule has 2 N–H and O–H groups in total. The van der Waals surface area contributed by atoms with Crippen LogP contribution in [0.15, 0.2) is 64.3 Å². The van der Waals surface area contributed by atoms with E-state index in [9.17, 15) is 18.0 Å². The molecule has 3 rings (SSSR count). The molecule has 29 heavy (non-hydrogen) atoms. The van der Waals surface area contributed by atoms with Crippen molar-refractivity contribution < 1.29 is 18.3 Å². The molecule has 0 saturated heterocycles.